The number of aromatic amines is 1. The zero-order valence-electron chi connectivity index (χ0n) is 22.3. The van der Waals surface area contributed by atoms with E-state index in [0.717, 1.165) is 16.5 Å². The highest BCUT2D eigenvalue weighted by molar-refractivity contribution is 5.89. The largest absolute Gasteiger partial charge is 0.496 e. The molecule has 6 rings (SSSR count). The van der Waals surface area contributed by atoms with Crippen LogP contribution in [0.4, 0.5) is 20.6 Å². The first kappa shape index (κ1) is 26.7. The van der Waals surface area contributed by atoms with Crippen LogP contribution in [0, 0.1) is 6.92 Å². The molecule has 40 heavy (non-hydrogen) atoms. The smallest absolute Gasteiger partial charge is 0.411 e. The Morgan fingerprint density at radius 2 is 1.88 bits per heavy atom. The van der Waals surface area contributed by atoms with Crippen LogP contribution in [0.15, 0.2) is 71.7 Å². The molecule has 0 spiro atoms. The molecule has 2 aliphatic rings. The lowest BCUT2D eigenvalue weighted by molar-refractivity contribution is -0.131. The number of rotatable bonds is 3. The molecular weight excluding hydrogens is 515 g/mol. The van der Waals surface area contributed by atoms with Gasteiger partial charge in [0.1, 0.15) is 18.4 Å². The Hall–Kier alpha value is -4.86. The first-order chi connectivity index (χ1) is 19.2. The van der Waals surface area contributed by atoms with Gasteiger partial charge in [-0.05, 0) is 65.4 Å². The van der Waals surface area contributed by atoms with Gasteiger partial charge in [-0.1, -0.05) is 24.3 Å². The summed E-state index contributed by atoms with van der Waals surface area (Å²) in [4.78, 5) is 43.0. The van der Waals surface area contributed by atoms with Crippen molar-refractivity contribution in [3.05, 3.63) is 99.5 Å². The van der Waals surface area contributed by atoms with Gasteiger partial charge in [0.2, 0.25) is 5.91 Å². The number of hydrogen-bond acceptors (Lipinski definition) is 6. The minimum absolute atomic E-state index is 0.181. The molecule has 0 fully saturated rings. The van der Waals surface area contributed by atoms with Crippen LogP contribution in [0.5, 0.6) is 5.75 Å². The summed E-state index contributed by atoms with van der Waals surface area (Å²) in [6.07, 6.45) is -0.867. The fraction of sp³-hybridized carbons (Fsp3) is 0.233. The normalized spacial score (nSPS) is 17.9. The van der Waals surface area contributed by atoms with E-state index in [1.165, 1.54) is 13.2 Å². The number of amides is 2. The van der Waals surface area contributed by atoms with Crippen LogP contribution < -0.4 is 20.9 Å². The molecule has 3 N–H and O–H groups in total. The fourth-order valence-corrected chi connectivity index (χ4v) is 4.76. The molecular formula is C30H29FN4O5. The summed E-state index contributed by atoms with van der Waals surface area (Å²) in [5, 5.41) is 7.13. The van der Waals surface area contributed by atoms with Crippen molar-refractivity contribution >= 4 is 34.1 Å². The lowest BCUT2D eigenvalue weighted by Gasteiger charge is -2.27. The average Bonchev–Trinajstić information content (AvgIpc) is 2.95. The molecule has 3 heterocycles. The highest BCUT2D eigenvalue weighted by atomic mass is 19.1. The van der Waals surface area contributed by atoms with E-state index in [4.69, 9.17) is 9.47 Å². The van der Waals surface area contributed by atoms with E-state index in [2.05, 4.69) is 15.6 Å². The van der Waals surface area contributed by atoms with E-state index in [-0.39, 0.29) is 29.3 Å². The number of aryl methyl sites for hydroxylation is 1. The van der Waals surface area contributed by atoms with Crippen molar-refractivity contribution in [2.75, 3.05) is 31.4 Å². The lowest BCUT2D eigenvalue weighted by Crippen LogP contribution is -2.35. The summed E-state index contributed by atoms with van der Waals surface area (Å²) in [5.74, 6) is -0.0580. The predicted octanol–water partition coefficient (Wildman–Crippen LogP) is 5.23. The van der Waals surface area contributed by atoms with E-state index >= 15 is 4.39 Å². The molecule has 206 valence electrons. The number of likely N-dealkylation sites (N-methyl/N-ethyl adjacent to an activating group) is 1. The fourth-order valence-electron chi connectivity index (χ4n) is 4.76. The van der Waals surface area contributed by atoms with Crippen molar-refractivity contribution in [2.45, 2.75) is 25.7 Å². The van der Waals surface area contributed by atoms with Crippen molar-refractivity contribution in [1.82, 2.24) is 9.88 Å². The summed E-state index contributed by atoms with van der Waals surface area (Å²) in [6, 6.07) is 16.3. The highest BCUT2D eigenvalue weighted by Crippen LogP contribution is 2.33. The van der Waals surface area contributed by atoms with E-state index < -0.39 is 24.9 Å². The molecule has 3 aromatic carbocycles. The second-order valence-electron chi connectivity index (χ2n) is 9.71. The summed E-state index contributed by atoms with van der Waals surface area (Å²) < 4.78 is 25.8. The number of anilines is 2. The number of pyridine rings is 1. The van der Waals surface area contributed by atoms with Gasteiger partial charge in [0.15, 0.2) is 6.17 Å². The number of carbonyl (C=O) groups excluding carboxylic acids is 2. The molecule has 0 saturated carbocycles. The number of methoxy groups -OCH3 is 1. The Kier molecular flexibility index (Phi) is 7.41. The standard InChI is InChI=1S/C30H29FN4O5/c1-17-4-7-21-12-20(17)15-35(2)29(37)27(33-22-8-5-18-10-11-32-28(36)24(18)14-22)19-6-9-23(26(13-19)39-3)25(31)16-40-30(38)34-21/h4-14,25,27,33H,15-16H2,1-3H3,(H,32,36)(H,34,38)/t25-,27?/m0/s1. The SMILES string of the molecule is COc1cc2ccc1[C@@H](F)COC(=O)Nc1ccc(C)c(c1)CN(C)C(=O)C2Nc1ccc2cc[nH]c(=O)c2c1. The maximum Gasteiger partial charge on any atom is 0.411 e. The molecule has 2 aliphatic heterocycles. The summed E-state index contributed by atoms with van der Waals surface area (Å²) >= 11 is 0. The number of ether oxygens (including phenoxy) is 2. The third-order valence-corrected chi connectivity index (χ3v) is 7.00. The zero-order chi connectivity index (χ0) is 28.4. The van der Waals surface area contributed by atoms with Crippen LogP contribution >= 0.6 is 0 Å². The van der Waals surface area contributed by atoms with Crippen molar-refractivity contribution in [1.29, 1.82) is 0 Å². The van der Waals surface area contributed by atoms with Crippen molar-refractivity contribution in [3.63, 3.8) is 0 Å². The highest BCUT2D eigenvalue weighted by Gasteiger charge is 2.27. The van der Waals surface area contributed by atoms with Gasteiger partial charge >= 0.3 is 6.09 Å². The quantitative estimate of drug-likeness (QED) is 0.326. The molecule has 1 aromatic heterocycles. The third-order valence-electron chi connectivity index (χ3n) is 7.00. The number of alkyl halides is 1. The van der Waals surface area contributed by atoms with Crippen LogP contribution in [0.3, 0.4) is 0 Å². The van der Waals surface area contributed by atoms with Gasteiger partial charge in [0.25, 0.3) is 5.56 Å². The Labute approximate surface area is 229 Å². The number of benzene rings is 3. The maximum atomic E-state index is 15.2. The molecule has 2 amide bonds. The van der Waals surface area contributed by atoms with Crippen LogP contribution in [-0.2, 0) is 16.1 Å². The maximum absolute atomic E-state index is 15.2. The molecule has 10 heteroatoms. The summed E-state index contributed by atoms with van der Waals surface area (Å²) in [7, 11) is 3.09. The number of fused-ring (bicyclic) bond motifs is 10. The van der Waals surface area contributed by atoms with E-state index in [0.29, 0.717) is 22.3 Å². The van der Waals surface area contributed by atoms with E-state index in [9.17, 15) is 14.4 Å². The van der Waals surface area contributed by atoms with Gasteiger partial charge in [-0.3, -0.25) is 14.9 Å². The number of carbonyl (C=O) groups is 2. The number of aromatic nitrogens is 1. The topological polar surface area (TPSA) is 113 Å². The molecule has 2 atom stereocenters. The van der Waals surface area contributed by atoms with E-state index in [1.807, 2.05) is 13.0 Å². The Balaban J connectivity index is 1.59. The third kappa shape index (κ3) is 5.47. The Bertz CT molecular complexity index is 1650. The lowest BCUT2D eigenvalue weighted by atomic mass is 9.99. The van der Waals surface area contributed by atoms with Crippen LogP contribution in [-0.4, -0.2) is 42.6 Å². The van der Waals surface area contributed by atoms with Gasteiger partial charge in [-0.25, -0.2) is 9.18 Å². The zero-order valence-corrected chi connectivity index (χ0v) is 22.3. The van der Waals surface area contributed by atoms with Crippen molar-refractivity contribution in [3.8, 4) is 5.75 Å². The van der Waals surface area contributed by atoms with Crippen LogP contribution in [0.2, 0.25) is 0 Å². The molecule has 0 aliphatic carbocycles. The number of nitrogens with one attached hydrogen (secondary N) is 3. The van der Waals surface area contributed by atoms with E-state index in [1.54, 1.807) is 66.7 Å². The molecule has 0 radical (unpaired) electrons. The van der Waals surface area contributed by atoms with Crippen molar-refractivity contribution in [2.24, 2.45) is 0 Å². The minimum Gasteiger partial charge on any atom is -0.496 e. The second kappa shape index (κ2) is 11.1. The first-order valence-corrected chi connectivity index (χ1v) is 12.7. The molecule has 4 bridgehead atoms. The second-order valence-corrected chi connectivity index (χ2v) is 9.71. The van der Waals surface area contributed by atoms with Crippen molar-refractivity contribution < 1.29 is 23.5 Å². The van der Waals surface area contributed by atoms with Gasteiger partial charge in [0, 0.05) is 42.1 Å². The molecule has 1 unspecified atom stereocenters. The number of halogens is 1. The van der Waals surface area contributed by atoms with Gasteiger partial charge in [0.05, 0.1) is 7.11 Å². The predicted molar refractivity (Wildman–Crippen MR) is 150 cm³/mol. The molecule has 0 saturated heterocycles. The van der Waals surface area contributed by atoms with Gasteiger partial charge in [-0.15, -0.1) is 0 Å². The number of nitrogens with zero attached hydrogens (tertiary/aromatic N) is 1. The minimum atomic E-state index is -1.66. The number of hydrogen-bond donors (Lipinski definition) is 3. The molecule has 9 nitrogen and oxygen atoms in total. The Morgan fingerprint density at radius 1 is 1.05 bits per heavy atom. The summed E-state index contributed by atoms with van der Waals surface area (Å²) in [6.45, 7) is 1.65. The number of H-pyrrole nitrogens is 1. The van der Waals surface area contributed by atoms with Gasteiger partial charge < -0.3 is 24.7 Å². The summed E-state index contributed by atoms with van der Waals surface area (Å²) in [5.41, 5.74) is 3.23. The average molecular weight is 545 g/mol. The monoisotopic (exact) mass is 544 g/mol. The Morgan fingerprint density at radius 3 is 2.67 bits per heavy atom. The van der Waals surface area contributed by atoms with Gasteiger partial charge in [-0.2, -0.15) is 0 Å². The van der Waals surface area contributed by atoms with Crippen LogP contribution in [0.1, 0.15) is 34.5 Å². The van der Waals surface area contributed by atoms with Crippen LogP contribution in [0.25, 0.3) is 10.8 Å². The first-order valence-electron chi connectivity index (χ1n) is 12.7. The molecule has 4 aromatic rings.